The molecule has 2 aliphatic heterocycles. The number of carbonyl (C=O) groups excluding carboxylic acids is 2. The minimum absolute atomic E-state index is 0.110. The van der Waals surface area contributed by atoms with Crippen LogP contribution in [0.2, 0.25) is 0 Å². The first-order valence-corrected chi connectivity index (χ1v) is 8.75. The molecule has 2 aliphatic rings. The predicted molar refractivity (Wildman–Crippen MR) is 97.0 cm³/mol. The van der Waals surface area contributed by atoms with Crippen molar-refractivity contribution in [1.82, 2.24) is 4.90 Å². The fourth-order valence-corrected chi connectivity index (χ4v) is 3.22. The number of carbonyl (C=O) groups is 2. The molecule has 0 bridgehead atoms. The number of urea groups is 1. The smallest absolute Gasteiger partial charge is 0.418 e. The molecule has 2 aromatic carbocycles. The van der Waals surface area contributed by atoms with Crippen LogP contribution >= 0.6 is 0 Å². The number of nitrogens with one attached hydrogen (secondary N) is 1. The highest BCUT2D eigenvalue weighted by Crippen LogP contribution is 2.37. The maximum atomic E-state index is 13.1. The molecule has 7 nitrogen and oxygen atoms in total. The van der Waals surface area contributed by atoms with Gasteiger partial charge in [-0.25, -0.2) is 4.79 Å². The van der Waals surface area contributed by atoms with Gasteiger partial charge in [0.2, 0.25) is 12.7 Å². The molecule has 10 heteroatoms. The molecule has 1 fully saturated rings. The number of para-hydroxylation sites is 1. The summed E-state index contributed by atoms with van der Waals surface area (Å²) in [6, 6.07) is 9.34. The van der Waals surface area contributed by atoms with Gasteiger partial charge in [0, 0.05) is 24.8 Å². The van der Waals surface area contributed by atoms with Crippen molar-refractivity contribution in [2.75, 3.05) is 36.6 Å². The largest absolute Gasteiger partial charge is 0.454 e. The highest BCUT2D eigenvalue weighted by molar-refractivity contribution is 5.99. The molecule has 2 aromatic rings. The Hall–Kier alpha value is -3.43. The quantitative estimate of drug-likeness (QED) is 0.844. The molecule has 29 heavy (non-hydrogen) atoms. The highest BCUT2D eigenvalue weighted by atomic mass is 19.4. The van der Waals surface area contributed by atoms with Crippen LogP contribution in [-0.4, -0.2) is 43.3 Å². The zero-order valence-electron chi connectivity index (χ0n) is 15.0. The summed E-state index contributed by atoms with van der Waals surface area (Å²) in [5.41, 5.74) is -0.697. The van der Waals surface area contributed by atoms with Crippen molar-refractivity contribution in [3.05, 3.63) is 48.0 Å². The molecule has 1 saturated heterocycles. The average molecular weight is 407 g/mol. The molecule has 0 radical (unpaired) electrons. The Bertz CT molecular complexity index is 964. The van der Waals surface area contributed by atoms with E-state index in [0.29, 0.717) is 23.7 Å². The lowest BCUT2D eigenvalue weighted by Crippen LogP contribution is -2.37. The third kappa shape index (κ3) is 3.78. The summed E-state index contributed by atoms with van der Waals surface area (Å²) in [6.07, 6.45) is -4.59. The van der Waals surface area contributed by atoms with Crippen molar-refractivity contribution in [2.24, 2.45) is 0 Å². The maximum Gasteiger partial charge on any atom is 0.418 e. The summed E-state index contributed by atoms with van der Waals surface area (Å²) in [4.78, 5) is 27.6. The van der Waals surface area contributed by atoms with Gasteiger partial charge in [0.25, 0.3) is 0 Å². The number of amides is 3. The number of benzene rings is 2. The number of ether oxygens (including phenoxy) is 2. The van der Waals surface area contributed by atoms with Crippen LogP contribution in [0.5, 0.6) is 11.5 Å². The van der Waals surface area contributed by atoms with Crippen molar-refractivity contribution in [2.45, 2.75) is 6.18 Å². The van der Waals surface area contributed by atoms with Gasteiger partial charge in [0.05, 0.1) is 11.3 Å². The van der Waals surface area contributed by atoms with E-state index in [0.717, 1.165) is 6.07 Å². The first-order valence-electron chi connectivity index (χ1n) is 8.75. The summed E-state index contributed by atoms with van der Waals surface area (Å²) in [6.45, 7) is 0.358. The minimum atomic E-state index is -4.59. The number of hydrogen-bond acceptors (Lipinski definition) is 4. The lowest BCUT2D eigenvalue weighted by Gasteiger charge is -2.19. The van der Waals surface area contributed by atoms with Crippen molar-refractivity contribution in [3.8, 4) is 11.5 Å². The lowest BCUT2D eigenvalue weighted by molar-refractivity contribution is -0.137. The molecule has 3 amide bonds. The van der Waals surface area contributed by atoms with Gasteiger partial charge >= 0.3 is 12.2 Å². The molecular formula is C19H16F3N3O4. The number of fused-ring (bicyclic) bond motifs is 1. The molecule has 0 aromatic heterocycles. The Kier molecular flexibility index (Phi) is 4.69. The van der Waals surface area contributed by atoms with E-state index in [1.165, 1.54) is 28.0 Å². The second-order valence-electron chi connectivity index (χ2n) is 6.48. The van der Waals surface area contributed by atoms with Crippen molar-refractivity contribution in [3.63, 3.8) is 0 Å². The second-order valence-corrected chi connectivity index (χ2v) is 6.48. The Morgan fingerprint density at radius 2 is 1.83 bits per heavy atom. The van der Waals surface area contributed by atoms with Gasteiger partial charge in [-0.2, -0.15) is 13.2 Å². The standard InChI is InChI=1S/C19H16F3N3O4/c20-19(21,22)13-3-1-2-4-14(13)23-17(26)10-24-7-8-25(18(24)27)12-5-6-15-16(9-12)29-11-28-15/h1-6,9H,7-8,10-11H2,(H,23,26). The number of alkyl halides is 3. The first kappa shape index (κ1) is 18.9. The van der Waals surface area contributed by atoms with Crippen molar-refractivity contribution < 1.29 is 32.2 Å². The van der Waals surface area contributed by atoms with Crippen LogP contribution in [0.1, 0.15) is 5.56 Å². The van der Waals surface area contributed by atoms with Crippen LogP contribution in [0.25, 0.3) is 0 Å². The normalized spacial score (nSPS) is 15.8. The summed E-state index contributed by atoms with van der Waals surface area (Å²) in [5, 5.41) is 2.25. The third-order valence-electron chi connectivity index (χ3n) is 4.60. The van der Waals surface area contributed by atoms with Gasteiger partial charge in [0.1, 0.15) is 6.54 Å². The van der Waals surface area contributed by atoms with Gasteiger partial charge in [-0.05, 0) is 24.3 Å². The fraction of sp³-hybridized carbons (Fsp3) is 0.263. The topological polar surface area (TPSA) is 71.1 Å². The van der Waals surface area contributed by atoms with Gasteiger partial charge < -0.3 is 19.7 Å². The lowest BCUT2D eigenvalue weighted by atomic mass is 10.1. The Labute approximate surface area is 163 Å². The molecule has 0 spiro atoms. The molecular weight excluding hydrogens is 391 g/mol. The van der Waals surface area contributed by atoms with E-state index >= 15 is 0 Å². The summed E-state index contributed by atoms with van der Waals surface area (Å²) < 4.78 is 49.7. The number of halogens is 3. The summed E-state index contributed by atoms with van der Waals surface area (Å²) in [7, 11) is 0. The second kappa shape index (κ2) is 7.19. The summed E-state index contributed by atoms with van der Waals surface area (Å²) in [5.74, 6) is 0.401. The number of rotatable bonds is 4. The van der Waals surface area contributed by atoms with Crippen LogP contribution in [0.4, 0.5) is 29.3 Å². The number of hydrogen-bond donors (Lipinski definition) is 1. The van der Waals surface area contributed by atoms with Crippen LogP contribution in [0, 0.1) is 0 Å². The number of anilines is 2. The molecule has 0 saturated carbocycles. The van der Waals surface area contributed by atoms with Gasteiger partial charge in [0.15, 0.2) is 11.5 Å². The van der Waals surface area contributed by atoms with E-state index in [1.54, 1.807) is 18.2 Å². The van der Waals surface area contributed by atoms with Gasteiger partial charge in [-0.15, -0.1) is 0 Å². The molecule has 0 atom stereocenters. The molecule has 0 aliphatic carbocycles. The van der Waals surface area contributed by atoms with E-state index in [-0.39, 0.29) is 25.6 Å². The Morgan fingerprint density at radius 3 is 2.62 bits per heavy atom. The van der Waals surface area contributed by atoms with Gasteiger partial charge in [-0.1, -0.05) is 12.1 Å². The van der Waals surface area contributed by atoms with E-state index in [1.807, 2.05) is 0 Å². The Morgan fingerprint density at radius 1 is 1.07 bits per heavy atom. The SMILES string of the molecule is O=C(CN1CCN(c2ccc3c(c2)OCO3)C1=O)Nc1ccccc1C(F)(F)F. The molecule has 0 unspecified atom stereocenters. The predicted octanol–water partition coefficient (Wildman–Crippen LogP) is 3.31. The van der Waals surface area contributed by atoms with Gasteiger partial charge in [-0.3, -0.25) is 9.69 Å². The summed E-state index contributed by atoms with van der Waals surface area (Å²) >= 11 is 0. The van der Waals surface area contributed by atoms with Crippen LogP contribution < -0.4 is 19.7 Å². The van der Waals surface area contributed by atoms with E-state index < -0.39 is 23.7 Å². The first-order chi connectivity index (χ1) is 13.8. The Balaban J connectivity index is 1.42. The van der Waals surface area contributed by atoms with Crippen LogP contribution in [-0.2, 0) is 11.0 Å². The van der Waals surface area contributed by atoms with E-state index in [2.05, 4.69) is 5.32 Å². The minimum Gasteiger partial charge on any atom is -0.454 e. The van der Waals surface area contributed by atoms with E-state index in [4.69, 9.17) is 9.47 Å². The molecule has 1 N–H and O–H groups in total. The third-order valence-corrected chi connectivity index (χ3v) is 4.60. The van der Waals surface area contributed by atoms with Crippen LogP contribution in [0.15, 0.2) is 42.5 Å². The maximum absolute atomic E-state index is 13.1. The van der Waals surface area contributed by atoms with Crippen molar-refractivity contribution in [1.29, 1.82) is 0 Å². The zero-order valence-corrected chi connectivity index (χ0v) is 15.0. The highest BCUT2D eigenvalue weighted by Gasteiger charge is 2.35. The molecule has 4 rings (SSSR count). The van der Waals surface area contributed by atoms with E-state index in [9.17, 15) is 22.8 Å². The average Bonchev–Trinajstić information content (AvgIpc) is 3.27. The number of nitrogens with zero attached hydrogens (tertiary/aromatic N) is 2. The monoisotopic (exact) mass is 407 g/mol. The zero-order chi connectivity index (χ0) is 20.6. The molecule has 152 valence electrons. The van der Waals surface area contributed by atoms with Crippen LogP contribution in [0.3, 0.4) is 0 Å². The fourth-order valence-electron chi connectivity index (χ4n) is 3.22. The molecule has 2 heterocycles. The van der Waals surface area contributed by atoms with Crippen molar-refractivity contribution >= 4 is 23.3 Å².